The third kappa shape index (κ3) is 5.29. The Kier molecular flexibility index (Phi) is 5.60. The SMILES string of the molecule is CCCn1cc(CNCCS(=O)(=O)NC)cn1. The summed E-state index contributed by atoms with van der Waals surface area (Å²) in [5.41, 5.74) is 1.07. The van der Waals surface area contributed by atoms with Crippen molar-refractivity contribution in [3.63, 3.8) is 0 Å². The van der Waals surface area contributed by atoms with Crippen LogP contribution in [0.25, 0.3) is 0 Å². The summed E-state index contributed by atoms with van der Waals surface area (Å²) < 4.78 is 26.4. The molecule has 1 rings (SSSR count). The molecule has 0 saturated heterocycles. The van der Waals surface area contributed by atoms with Crippen molar-refractivity contribution in [2.24, 2.45) is 0 Å². The molecule has 0 amide bonds. The molecular formula is C10H20N4O2S. The predicted octanol–water partition coefficient (Wildman–Crippen LogP) is -0.0681. The van der Waals surface area contributed by atoms with E-state index in [4.69, 9.17) is 0 Å². The summed E-state index contributed by atoms with van der Waals surface area (Å²) in [6.45, 7) is 4.08. The van der Waals surface area contributed by atoms with Gasteiger partial charge in [0.25, 0.3) is 0 Å². The maximum Gasteiger partial charge on any atom is 0.212 e. The molecule has 7 heteroatoms. The van der Waals surface area contributed by atoms with E-state index in [0.29, 0.717) is 13.1 Å². The predicted molar refractivity (Wildman–Crippen MR) is 67.1 cm³/mol. The van der Waals surface area contributed by atoms with Crippen LogP contribution in [0.4, 0.5) is 0 Å². The highest BCUT2D eigenvalue weighted by molar-refractivity contribution is 7.89. The lowest BCUT2D eigenvalue weighted by atomic mass is 10.3. The van der Waals surface area contributed by atoms with Gasteiger partial charge in [0.2, 0.25) is 10.0 Å². The van der Waals surface area contributed by atoms with Crippen molar-refractivity contribution in [2.45, 2.75) is 26.4 Å². The smallest absolute Gasteiger partial charge is 0.212 e. The highest BCUT2D eigenvalue weighted by Gasteiger charge is 2.05. The van der Waals surface area contributed by atoms with Crippen molar-refractivity contribution in [1.29, 1.82) is 0 Å². The van der Waals surface area contributed by atoms with Gasteiger partial charge in [-0.2, -0.15) is 5.10 Å². The van der Waals surface area contributed by atoms with E-state index in [0.717, 1.165) is 18.5 Å². The van der Waals surface area contributed by atoms with Crippen LogP contribution in [0, 0.1) is 0 Å². The summed E-state index contributed by atoms with van der Waals surface area (Å²) in [6.07, 6.45) is 4.83. The highest BCUT2D eigenvalue weighted by atomic mass is 32.2. The van der Waals surface area contributed by atoms with E-state index in [1.165, 1.54) is 7.05 Å². The maximum atomic E-state index is 11.1. The van der Waals surface area contributed by atoms with Crippen molar-refractivity contribution < 1.29 is 8.42 Å². The average molecular weight is 260 g/mol. The van der Waals surface area contributed by atoms with Crippen LogP contribution in [-0.2, 0) is 23.1 Å². The summed E-state index contributed by atoms with van der Waals surface area (Å²) in [6, 6.07) is 0. The minimum atomic E-state index is -3.11. The Balaban J connectivity index is 2.26. The average Bonchev–Trinajstić information content (AvgIpc) is 2.73. The first-order chi connectivity index (χ1) is 8.07. The van der Waals surface area contributed by atoms with Gasteiger partial charge in [0.1, 0.15) is 0 Å². The molecule has 1 heterocycles. The van der Waals surface area contributed by atoms with Gasteiger partial charge in [0, 0.05) is 31.4 Å². The van der Waals surface area contributed by atoms with Crippen molar-refractivity contribution in [2.75, 3.05) is 19.3 Å². The molecule has 0 saturated carbocycles. The van der Waals surface area contributed by atoms with Crippen LogP contribution in [0.1, 0.15) is 18.9 Å². The van der Waals surface area contributed by atoms with Crippen molar-refractivity contribution in [3.05, 3.63) is 18.0 Å². The monoisotopic (exact) mass is 260 g/mol. The number of rotatable bonds is 8. The van der Waals surface area contributed by atoms with E-state index in [-0.39, 0.29) is 5.75 Å². The largest absolute Gasteiger partial charge is 0.311 e. The van der Waals surface area contributed by atoms with Crippen LogP contribution in [-0.4, -0.2) is 37.5 Å². The minimum absolute atomic E-state index is 0.0899. The Labute approximate surface area is 102 Å². The van der Waals surface area contributed by atoms with Gasteiger partial charge in [0.05, 0.1) is 11.9 Å². The number of hydrogen-bond donors (Lipinski definition) is 2. The Morgan fingerprint density at radius 1 is 1.47 bits per heavy atom. The van der Waals surface area contributed by atoms with Crippen LogP contribution < -0.4 is 10.0 Å². The zero-order valence-electron chi connectivity index (χ0n) is 10.3. The molecule has 6 nitrogen and oxygen atoms in total. The normalized spacial score (nSPS) is 11.9. The first-order valence-electron chi connectivity index (χ1n) is 5.70. The third-order valence-electron chi connectivity index (χ3n) is 2.33. The number of nitrogens with zero attached hydrogens (tertiary/aromatic N) is 2. The van der Waals surface area contributed by atoms with Crippen molar-refractivity contribution in [1.82, 2.24) is 19.8 Å². The molecule has 0 aromatic carbocycles. The van der Waals surface area contributed by atoms with Crippen molar-refractivity contribution >= 4 is 10.0 Å². The molecule has 0 aliphatic carbocycles. The van der Waals surface area contributed by atoms with Gasteiger partial charge < -0.3 is 5.32 Å². The van der Waals surface area contributed by atoms with Crippen molar-refractivity contribution in [3.8, 4) is 0 Å². The molecule has 1 aromatic heterocycles. The molecule has 0 atom stereocenters. The molecule has 0 fully saturated rings. The lowest BCUT2D eigenvalue weighted by molar-refractivity contribution is 0.582. The second-order valence-corrected chi connectivity index (χ2v) is 5.86. The Morgan fingerprint density at radius 3 is 2.88 bits per heavy atom. The van der Waals surface area contributed by atoms with Crippen LogP contribution >= 0.6 is 0 Å². The second-order valence-electron chi connectivity index (χ2n) is 3.81. The molecular weight excluding hydrogens is 240 g/mol. The summed E-state index contributed by atoms with van der Waals surface area (Å²) in [5.74, 6) is 0.0899. The van der Waals surface area contributed by atoms with Gasteiger partial charge in [-0.1, -0.05) is 6.92 Å². The van der Waals surface area contributed by atoms with Gasteiger partial charge in [0.15, 0.2) is 0 Å². The lowest BCUT2D eigenvalue weighted by Gasteiger charge is -2.03. The number of hydrogen-bond acceptors (Lipinski definition) is 4. The van der Waals surface area contributed by atoms with Crippen LogP contribution in [0.2, 0.25) is 0 Å². The minimum Gasteiger partial charge on any atom is -0.311 e. The summed E-state index contributed by atoms with van der Waals surface area (Å²) in [5, 5.41) is 7.27. The zero-order valence-corrected chi connectivity index (χ0v) is 11.1. The van der Waals surface area contributed by atoms with Gasteiger partial charge in [-0.15, -0.1) is 0 Å². The third-order valence-corrected chi connectivity index (χ3v) is 3.69. The molecule has 0 unspecified atom stereocenters. The van der Waals surface area contributed by atoms with E-state index >= 15 is 0 Å². The fourth-order valence-corrected chi connectivity index (χ4v) is 2.01. The molecule has 0 bridgehead atoms. The summed E-state index contributed by atoms with van der Waals surface area (Å²) in [4.78, 5) is 0. The van der Waals surface area contributed by atoms with E-state index in [1.54, 1.807) is 6.20 Å². The molecule has 0 aliphatic heterocycles. The quantitative estimate of drug-likeness (QED) is 0.642. The van der Waals surface area contributed by atoms with Gasteiger partial charge in [-0.25, -0.2) is 13.1 Å². The van der Waals surface area contributed by atoms with Gasteiger partial charge in [-0.05, 0) is 13.5 Å². The topological polar surface area (TPSA) is 76.0 Å². The van der Waals surface area contributed by atoms with Crippen LogP contribution in [0.15, 0.2) is 12.4 Å². The van der Waals surface area contributed by atoms with E-state index < -0.39 is 10.0 Å². The standard InChI is InChI=1S/C10H20N4O2S/c1-3-5-14-9-10(8-13-14)7-12-4-6-17(15,16)11-2/h8-9,11-12H,3-7H2,1-2H3. The first-order valence-corrected chi connectivity index (χ1v) is 7.36. The van der Waals surface area contributed by atoms with E-state index in [9.17, 15) is 8.42 Å². The summed E-state index contributed by atoms with van der Waals surface area (Å²) >= 11 is 0. The first kappa shape index (κ1) is 14.1. The van der Waals surface area contributed by atoms with E-state index in [2.05, 4.69) is 22.1 Å². The second kappa shape index (κ2) is 6.73. The number of aromatic nitrogens is 2. The summed E-state index contributed by atoms with van der Waals surface area (Å²) in [7, 11) is -1.69. The van der Waals surface area contributed by atoms with Crippen LogP contribution in [0.5, 0.6) is 0 Å². The lowest BCUT2D eigenvalue weighted by Crippen LogP contribution is -2.29. The van der Waals surface area contributed by atoms with E-state index in [1.807, 2.05) is 10.9 Å². The molecule has 0 spiro atoms. The number of nitrogens with one attached hydrogen (secondary N) is 2. The molecule has 17 heavy (non-hydrogen) atoms. The fourth-order valence-electron chi connectivity index (χ4n) is 1.39. The van der Waals surface area contributed by atoms with Gasteiger partial charge >= 0.3 is 0 Å². The Bertz CT molecular complexity index is 427. The van der Waals surface area contributed by atoms with Crippen LogP contribution in [0.3, 0.4) is 0 Å². The number of aryl methyl sites for hydroxylation is 1. The number of sulfonamides is 1. The molecule has 0 radical (unpaired) electrons. The highest BCUT2D eigenvalue weighted by Crippen LogP contribution is 1.98. The molecule has 98 valence electrons. The maximum absolute atomic E-state index is 11.1. The zero-order chi connectivity index (χ0) is 12.7. The molecule has 1 aromatic rings. The Morgan fingerprint density at radius 2 is 2.24 bits per heavy atom. The molecule has 2 N–H and O–H groups in total. The van der Waals surface area contributed by atoms with Gasteiger partial charge in [-0.3, -0.25) is 4.68 Å². The molecule has 0 aliphatic rings. The fraction of sp³-hybridized carbons (Fsp3) is 0.700. The Hall–Kier alpha value is -0.920.